The van der Waals surface area contributed by atoms with Crippen molar-refractivity contribution in [3.05, 3.63) is 57.1 Å². The minimum absolute atomic E-state index is 0.0610. The molecule has 0 amide bonds. The van der Waals surface area contributed by atoms with Crippen LogP contribution in [0.5, 0.6) is 11.5 Å². The van der Waals surface area contributed by atoms with Crippen LogP contribution < -0.4 is 10.5 Å². The van der Waals surface area contributed by atoms with Crippen LogP contribution in [0, 0.1) is 10.1 Å². The number of ether oxygens (including phenoxy) is 1. The van der Waals surface area contributed by atoms with E-state index in [1.807, 2.05) is 12.1 Å². The molecule has 0 radical (unpaired) electrons. The summed E-state index contributed by atoms with van der Waals surface area (Å²) < 4.78 is 6.42. The summed E-state index contributed by atoms with van der Waals surface area (Å²) in [6.07, 6.45) is 0. The molecule has 2 aromatic rings. The Hall–Kier alpha value is -2.08. The maximum Gasteiger partial charge on any atom is 0.271 e. The summed E-state index contributed by atoms with van der Waals surface area (Å²) in [7, 11) is 0. The van der Waals surface area contributed by atoms with E-state index in [-0.39, 0.29) is 11.4 Å². The van der Waals surface area contributed by atoms with Crippen LogP contribution in [0.1, 0.15) is 0 Å². The second-order valence-corrected chi connectivity index (χ2v) is 4.45. The molecule has 0 saturated heterocycles. The van der Waals surface area contributed by atoms with Gasteiger partial charge in [-0.3, -0.25) is 10.1 Å². The molecule has 0 fully saturated rings. The number of hydrogen-bond acceptors (Lipinski definition) is 4. The summed E-state index contributed by atoms with van der Waals surface area (Å²) in [6, 6.07) is 11.3. The van der Waals surface area contributed by atoms with E-state index in [9.17, 15) is 10.1 Å². The molecule has 0 heterocycles. The van der Waals surface area contributed by atoms with Crippen molar-refractivity contribution >= 4 is 27.3 Å². The highest BCUT2D eigenvalue weighted by molar-refractivity contribution is 9.10. The van der Waals surface area contributed by atoms with E-state index in [0.29, 0.717) is 11.5 Å². The van der Waals surface area contributed by atoms with Crippen LogP contribution in [-0.4, -0.2) is 4.92 Å². The van der Waals surface area contributed by atoms with E-state index in [1.54, 1.807) is 12.1 Å². The van der Waals surface area contributed by atoms with Gasteiger partial charge in [-0.05, 0) is 24.3 Å². The number of rotatable bonds is 3. The van der Waals surface area contributed by atoms with Gasteiger partial charge in [-0.15, -0.1) is 0 Å². The molecule has 0 spiro atoms. The Labute approximate surface area is 111 Å². The van der Waals surface area contributed by atoms with Crippen molar-refractivity contribution in [3.8, 4) is 11.5 Å². The fraction of sp³-hybridized carbons (Fsp3) is 0. The van der Waals surface area contributed by atoms with Gasteiger partial charge in [-0.25, -0.2) is 0 Å². The fourth-order valence-electron chi connectivity index (χ4n) is 1.40. The second kappa shape index (κ2) is 5.05. The first kappa shape index (κ1) is 12.4. The predicted molar refractivity (Wildman–Crippen MR) is 71.7 cm³/mol. The van der Waals surface area contributed by atoms with Gasteiger partial charge < -0.3 is 10.5 Å². The van der Waals surface area contributed by atoms with Gasteiger partial charge in [0.05, 0.1) is 10.6 Å². The molecule has 0 atom stereocenters. The van der Waals surface area contributed by atoms with E-state index < -0.39 is 4.92 Å². The highest BCUT2D eigenvalue weighted by Crippen LogP contribution is 2.31. The van der Waals surface area contributed by atoms with Gasteiger partial charge >= 0.3 is 0 Å². The molecule has 5 nitrogen and oxygen atoms in total. The summed E-state index contributed by atoms with van der Waals surface area (Å²) in [5, 5.41) is 10.6. The number of non-ortho nitro benzene ring substituents is 1. The zero-order valence-corrected chi connectivity index (χ0v) is 10.8. The second-order valence-electron chi connectivity index (χ2n) is 3.54. The van der Waals surface area contributed by atoms with Crippen molar-refractivity contribution < 1.29 is 9.66 Å². The number of nitrogens with two attached hydrogens (primary N) is 1. The van der Waals surface area contributed by atoms with Crippen LogP contribution >= 0.6 is 15.9 Å². The third-order valence-electron chi connectivity index (χ3n) is 2.23. The highest BCUT2D eigenvalue weighted by Gasteiger charge is 2.10. The number of benzene rings is 2. The topological polar surface area (TPSA) is 78.4 Å². The first-order chi connectivity index (χ1) is 8.56. The molecule has 2 rings (SSSR count). The SMILES string of the molecule is Nc1cc([N+](=O)[O-])ccc1Oc1cccc(Br)c1. The number of halogens is 1. The Morgan fingerprint density at radius 2 is 2.00 bits per heavy atom. The zero-order chi connectivity index (χ0) is 13.1. The molecule has 6 heteroatoms. The molecule has 0 aromatic heterocycles. The van der Waals surface area contributed by atoms with Crippen molar-refractivity contribution in [3.63, 3.8) is 0 Å². The van der Waals surface area contributed by atoms with Gasteiger partial charge in [0.15, 0.2) is 5.75 Å². The molecule has 0 aliphatic heterocycles. The molecule has 2 aromatic carbocycles. The Morgan fingerprint density at radius 3 is 2.61 bits per heavy atom. The van der Waals surface area contributed by atoms with Crippen molar-refractivity contribution in [1.29, 1.82) is 0 Å². The van der Waals surface area contributed by atoms with E-state index in [1.165, 1.54) is 18.2 Å². The van der Waals surface area contributed by atoms with Gasteiger partial charge in [0, 0.05) is 16.6 Å². The molecule has 18 heavy (non-hydrogen) atoms. The number of nitro groups is 1. The zero-order valence-electron chi connectivity index (χ0n) is 9.17. The lowest BCUT2D eigenvalue weighted by Gasteiger charge is -2.08. The molecular formula is C12H9BrN2O3. The van der Waals surface area contributed by atoms with Crippen LogP contribution in [0.4, 0.5) is 11.4 Å². The summed E-state index contributed by atoms with van der Waals surface area (Å²) >= 11 is 3.32. The molecule has 2 N–H and O–H groups in total. The van der Waals surface area contributed by atoms with Crippen LogP contribution in [0.25, 0.3) is 0 Å². The number of anilines is 1. The standard InChI is InChI=1S/C12H9BrN2O3/c13-8-2-1-3-10(6-8)18-12-5-4-9(15(16)17)7-11(12)14/h1-7H,14H2. The van der Waals surface area contributed by atoms with E-state index in [0.717, 1.165) is 4.47 Å². The van der Waals surface area contributed by atoms with Gasteiger partial charge in [-0.2, -0.15) is 0 Å². The smallest absolute Gasteiger partial charge is 0.271 e. The summed E-state index contributed by atoms with van der Waals surface area (Å²) in [5.41, 5.74) is 5.87. The third-order valence-corrected chi connectivity index (χ3v) is 2.72. The fourth-order valence-corrected chi connectivity index (χ4v) is 1.78. The Bertz CT molecular complexity index is 602. The minimum Gasteiger partial charge on any atom is -0.455 e. The van der Waals surface area contributed by atoms with Crippen LogP contribution in [-0.2, 0) is 0 Å². The first-order valence-electron chi connectivity index (χ1n) is 5.03. The van der Waals surface area contributed by atoms with Crippen molar-refractivity contribution in [2.24, 2.45) is 0 Å². The molecule has 0 saturated carbocycles. The van der Waals surface area contributed by atoms with Crippen LogP contribution in [0.2, 0.25) is 0 Å². The maximum absolute atomic E-state index is 10.6. The van der Waals surface area contributed by atoms with E-state index >= 15 is 0 Å². The molecule has 0 bridgehead atoms. The van der Waals surface area contributed by atoms with Gasteiger partial charge in [-0.1, -0.05) is 22.0 Å². The van der Waals surface area contributed by atoms with Gasteiger partial charge in [0.2, 0.25) is 0 Å². The van der Waals surface area contributed by atoms with Crippen molar-refractivity contribution in [2.75, 3.05) is 5.73 Å². The van der Waals surface area contributed by atoms with E-state index in [2.05, 4.69) is 15.9 Å². The van der Waals surface area contributed by atoms with Gasteiger partial charge in [0.1, 0.15) is 5.75 Å². The van der Waals surface area contributed by atoms with E-state index in [4.69, 9.17) is 10.5 Å². The Morgan fingerprint density at radius 1 is 1.22 bits per heavy atom. The van der Waals surface area contributed by atoms with Crippen molar-refractivity contribution in [2.45, 2.75) is 0 Å². The Kier molecular flexibility index (Phi) is 3.47. The first-order valence-corrected chi connectivity index (χ1v) is 5.83. The molecular weight excluding hydrogens is 300 g/mol. The third kappa shape index (κ3) is 2.78. The number of nitrogens with zero attached hydrogens (tertiary/aromatic N) is 1. The normalized spacial score (nSPS) is 10.1. The van der Waals surface area contributed by atoms with Crippen LogP contribution in [0.3, 0.4) is 0 Å². The number of hydrogen-bond donors (Lipinski definition) is 1. The van der Waals surface area contributed by atoms with Crippen molar-refractivity contribution in [1.82, 2.24) is 0 Å². The lowest BCUT2D eigenvalue weighted by molar-refractivity contribution is -0.384. The number of nitrogen functional groups attached to an aromatic ring is 1. The minimum atomic E-state index is -0.501. The lowest BCUT2D eigenvalue weighted by Crippen LogP contribution is -1.95. The average Bonchev–Trinajstić information content (AvgIpc) is 2.31. The Balaban J connectivity index is 2.27. The molecule has 92 valence electrons. The summed E-state index contributed by atoms with van der Waals surface area (Å²) in [5.74, 6) is 0.989. The lowest BCUT2D eigenvalue weighted by atomic mass is 10.2. The monoisotopic (exact) mass is 308 g/mol. The number of nitro benzene ring substituents is 1. The quantitative estimate of drug-likeness (QED) is 0.532. The van der Waals surface area contributed by atoms with Gasteiger partial charge in [0.25, 0.3) is 5.69 Å². The largest absolute Gasteiger partial charge is 0.455 e. The highest BCUT2D eigenvalue weighted by atomic mass is 79.9. The predicted octanol–water partition coefficient (Wildman–Crippen LogP) is 3.73. The average molecular weight is 309 g/mol. The summed E-state index contributed by atoms with van der Waals surface area (Å²) in [4.78, 5) is 10.1. The molecule has 0 aliphatic carbocycles. The van der Waals surface area contributed by atoms with Crippen LogP contribution in [0.15, 0.2) is 46.9 Å². The summed E-state index contributed by atoms with van der Waals surface area (Å²) in [6.45, 7) is 0. The molecule has 0 aliphatic rings. The maximum atomic E-state index is 10.6. The molecule has 0 unspecified atom stereocenters.